The topological polar surface area (TPSA) is 79.5 Å². The highest BCUT2D eigenvalue weighted by atomic mass is 32.1. The second kappa shape index (κ2) is 8.18. The van der Waals surface area contributed by atoms with E-state index in [4.69, 9.17) is 4.42 Å². The first-order valence-corrected chi connectivity index (χ1v) is 11.4. The van der Waals surface area contributed by atoms with Gasteiger partial charge in [0.1, 0.15) is 16.2 Å². The maximum absolute atomic E-state index is 12.9. The number of rotatable bonds is 3. The second-order valence-electron chi connectivity index (χ2n) is 8.02. The van der Waals surface area contributed by atoms with Crippen LogP contribution in [0.4, 0.5) is 5.13 Å². The zero-order valence-electron chi connectivity index (χ0n) is 16.7. The van der Waals surface area contributed by atoms with E-state index in [2.05, 4.69) is 15.1 Å². The van der Waals surface area contributed by atoms with Gasteiger partial charge in [-0.1, -0.05) is 48.8 Å². The number of amides is 1. The van der Waals surface area contributed by atoms with E-state index in [9.17, 15) is 9.59 Å². The molecule has 7 nitrogen and oxygen atoms in total. The molecule has 1 aromatic carbocycles. The Morgan fingerprint density at radius 3 is 2.60 bits per heavy atom. The highest BCUT2D eigenvalue weighted by molar-refractivity contribution is 7.15. The van der Waals surface area contributed by atoms with Crippen LogP contribution in [0.15, 0.2) is 39.5 Å². The van der Waals surface area contributed by atoms with Crippen LogP contribution in [0.3, 0.4) is 0 Å². The van der Waals surface area contributed by atoms with E-state index in [1.165, 1.54) is 32.1 Å². The van der Waals surface area contributed by atoms with E-state index in [0.29, 0.717) is 37.7 Å². The molecule has 0 N–H and O–H groups in total. The molecular formula is C22H24N4O3S. The minimum Gasteiger partial charge on any atom is -0.422 e. The molecule has 2 aromatic heterocycles. The van der Waals surface area contributed by atoms with Gasteiger partial charge in [0.05, 0.1) is 0 Å². The Kier molecular flexibility index (Phi) is 5.25. The molecule has 1 saturated carbocycles. The maximum atomic E-state index is 12.9. The molecule has 1 aliphatic heterocycles. The van der Waals surface area contributed by atoms with Crippen LogP contribution < -0.4 is 10.5 Å². The van der Waals surface area contributed by atoms with Crippen LogP contribution in [0.2, 0.25) is 0 Å². The first-order valence-electron chi connectivity index (χ1n) is 10.6. The van der Waals surface area contributed by atoms with Crippen LogP contribution in [0.25, 0.3) is 11.0 Å². The van der Waals surface area contributed by atoms with Gasteiger partial charge in [0, 0.05) is 37.5 Å². The highest BCUT2D eigenvalue weighted by Gasteiger charge is 2.27. The molecule has 0 radical (unpaired) electrons. The molecule has 156 valence electrons. The SMILES string of the molecule is O=C(c1cc2ccccc2oc1=O)N1CCN(c2nnc(C3CCCCC3)s2)CC1. The van der Waals surface area contributed by atoms with Crippen molar-refractivity contribution in [2.75, 3.05) is 31.1 Å². The summed E-state index contributed by atoms with van der Waals surface area (Å²) in [5.41, 5.74) is 0.00827. The molecule has 2 fully saturated rings. The maximum Gasteiger partial charge on any atom is 0.349 e. The first kappa shape index (κ1) is 19.2. The van der Waals surface area contributed by atoms with Crippen molar-refractivity contribution in [2.24, 2.45) is 0 Å². The molecule has 3 aromatic rings. The van der Waals surface area contributed by atoms with Crippen molar-refractivity contribution in [3.8, 4) is 0 Å². The predicted molar refractivity (Wildman–Crippen MR) is 116 cm³/mol. The van der Waals surface area contributed by atoms with E-state index in [-0.39, 0.29) is 11.5 Å². The number of nitrogens with zero attached hydrogens (tertiary/aromatic N) is 4. The number of para-hydroxylation sites is 1. The number of hydrogen-bond donors (Lipinski definition) is 0. The van der Waals surface area contributed by atoms with Crippen molar-refractivity contribution in [2.45, 2.75) is 38.0 Å². The molecule has 0 unspecified atom stereocenters. The lowest BCUT2D eigenvalue weighted by Crippen LogP contribution is -2.49. The summed E-state index contributed by atoms with van der Waals surface area (Å²) in [5.74, 6) is 0.286. The number of hydrogen-bond acceptors (Lipinski definition) is 7. The van der Waals surface area contributed by atoms with Gasteiger partial charge in [-0.05, 0) is 25.0 Å². The Balaban J connectivity index is 1.26. The van der Waals surface area contributed by atoms with Crippen molar-refractivity contribution in [1.29, 1.82) is 0 Å². The average Bonchev–Trinajstić information content (AvgIpc) is 3.29. The second-order valence-corrected chi connectivity index (χ2v) is 9.01. The quantitative estimate of drug-likeness (QED) is 0.597. The number of carbonyl (C=O) groups excluding carboxylic acids is 1. The highest BCUT2D eigenvalue weighted by Crippen LogP contribution is 2.36. The largest absolute Gasteiger partial charge is 0.422 e. The fourth-order valence-electron chi connectivity index (χ4n) is 4.35. The van der Waals surface area contributed by atoms with Gasteiger partial charge in [-0.2, -0.15) is 0 Å². The summed E-state index contributed by atoms with van der Waals surface area (Å²) in [6.07, 6.45) is 6.32. The van der Waals surface area contributed by atoms with Gasteiger partial charge in [-0.3, -0.25) is 4.79 Å². The van der Waals surface area contributed by atoms with Gasteiger partial charge < -0.3 is 14.2 Å². The lowest BCUT2D eigenvalue weighted by molar-refractivity contribution is 0.0742. The van der Waals surface area contributed by atoms with Crippen LogP contribution in [0, 0.1) is 0 Å². The summed E-state index contributed by atoms with van der Waals surface area (Å²) >= 11 is 1.69. The molecule has 2 aliphatic rings. The third-order valence-corrected chi connectivity index (χ3v) is 7.24. The fraction of sp³-hybridized carbons (Fsp3) is 0.455. The van der Waals surface area contributed by atoms with Crippen molar-refractivity contribution in [1.82, 2.24) is 15.1 Å². The Morgan fingerprint density at radius 1 is 1.03 bits per heavy atom. The van der Waals surface area contributed by atoms with Crippen molar-refractivity contribution < 1.29 is 9.21 Å². The Morgan fingerprint density at radius 2 is 1.80 bits per heavy atom. The van der Waals surface area contributed by atoms with E-state index < -0.39 is 5.63 Å². The van der Waals surface area contributed by atoms with Crippen molar-refractivity contribution in [3.63, 3.8) is 0 Å². The summed E-state index contributed by atoms with van der Waals surface area (Å²) < 4.78 is 5.33. The smallest absolute Gasteiger partial charge is 0.349 e. The van der Waals surface area contributed by atoms with Crippen LogP contribution in [-0.4, -0.2) is 47.2 Å². The third-order valence-electron chi connectivity index (χ3n) is 6.09. The third kappa shape index (κ3) is 3.71. The van der Waals surface area contributed by atoms with Crippen molar-refractivity contribution >= 4 is 33.3 Å². The number of carbonyl (C=O) groups is 1. The fourth-order valence-corrected chi connectivity index (χ4v) is 5.42. The summed E-state index contributed by atoms with van der Waals surface area (Å²) in [7, 11) is 0. The summed E-state index contributed by atoms with van der Waals surface area (Å²) in [6, 6.07) is 8.87. The van der Waals surface area contributed by atoms with Gasteiger partial charge in [-0.25, -0.2) is 4.79 Å². The normalized spacial score (nSPS) is 18.1. The van der Waals surface area contributed by atoms with E-state index in [1.54, 1.807) is 34.4 Å². The van der Waals surface area contributed by atoms with Gasteiger partial charge in [0.25, 0.3) is 5.91 Å². The molecule has 30 heavy (non-hydrogen) atoms. The van der Waals surface area contributed by atoms with E-state index in [0.717, 1.165) is 15.5 Å². The van der Waals surface area contributed by atoms with E-state index in [1.807, 2.05) is 12.1 Å². The zero-order chi connectivity index (χ0) is 20.5. The molecule has 1 aliphatic carbocycles. The Bertz CT molecular complexity index is 1110. The number of benzene rings is 1. The average molecular weight is 425 g/mol. The van der Waals surface area contributed by atoms with Crippen LogP contribution in [-0.2, 0) is 0 Å². The molecular weight excluding hydrogens is 400 g/mol. The number of fused-ring (bicyclic) bond motifs is 1. The standard InChI is InChI=1S/C22H24N4O3S/c27-20(17-14-16-8-4-5-9-18(16)29-21(17)28)25-10-12-26(13-11-25)22-24-23-19(30-22)15-6-2-1-3-7-15/h4-5,8-9,14-15H,1-3,6-7,10-13H2. The number of anilines is 1. The van der Waals surface area contributed by atoms with Gasteiger partial charge in [0.15, 0.2) is 0 Å². The van der Waals surface area contributed by atoms with Crippen LogP contribution >= 0.6 is 11.3 Å². The summed E-state index contributed by atoms with van der Waals surface area (Å²) in [6.45, 7) is 2.46. The minimum absolute atomic E-state index is 0.0950. The van der Waals surface area contributed by atoms with Crippen LogP contribution in [0.5, 0.6) is 0 Å². The Hall–Kier alpha value is -2.74. The van der Waals surface area contributed by atoms with Gasteiger partial charge >= 0.3 is 5.63 Å². The van der Waals surface area contributed by atoms with Gasteiger partial charge in [-0.15, -0.1) is 10.2 Å². The molecule has 0 spiro atoms. The van der Waals surface area contributed by atoms with Crippen molar-refractivity contribution in [3.05, 3.63) is 51.3 Å². The molecule has 3 heterocycles. The molecule has 1 amide bonds. The predicted octanol–water partition coefficient (Wildman–Crippen LogP) is 3.65. The van der Waals surface area contributed by atoms with Gasteiger partial charge in [0.2, 0.25) is 5.13 Å². The number of aromatic nitrogens is 2. The molecule has 5 rings (SSSR count). The monoisotopic (exact) mass is 424 g/mol. The molecule has 0 bridgehead atoms. The first-order chi connectivity index (χ1) is 14.7. The summed E-state index contributed by atoms with van der Waals surface area (Å²) in [4.78, 5) is 29.2. The summed E-state index contributed by atoms with van der Waals surface area (Å²) in [5, 5.41) is 11.7. The zero-order valence-corrected chi connectivity index (χ0v) is 17.6. The lowest BCUT2D eigenvalue weighted by Gasteiger charge is -2.34. The number of piperazine rings is 1. The van der Waals surface area contributed by atoms with Crippen LogP contribution in [0.1, 0.15) is 53.4 Å². The molecule has 0 atom stereocenters. The van der Waals surface area contributed by atoms with E-state index >= 15 is 0 Å². The Labute approximate surface area is 178 Å². The molecule has 1 saturated heterocycles. The lowest BCUT2D eigenvalue weighted by atomic mass is 9.90. The minimum atomic E-state index is -0.581. The molecule has 8 heteroatoms.